The molecular weight excluding hydrogens is 238 g/mol. The number of carbonyl (C=O) groups is 1. The quantitative estimate of drug-likeness (QED) is 0.661. The predicted molar refractivity (Wildman–Crippen MR) is 78.2 cm³/mol. The van der Waals surface area contributed by atoms with Gasteiger partial charge in [0.1, 0.15) is 0 Å². The molecule has 0 radical (unpaired) electrons. The first-order valence-corrected chi connectivity index (χ1v) is 7.47. The van der Waals surface area contributed by atoms with E-state index in [0.29, 0.717) is 24.7 Å². The number of hydrogen-bond acceptors (Lipinski definition) is 3. The van der Waals surface area contributed by atoms with Crippen LogP contribution in [-0.4, -0.2) is 21.9 Å². The van der Waals surface area contributed by atoms with Crippen molar-refractivity contribution in [3.8, 4) is 0 Å². The van der Waals surface area contributed by atoms with Crippen molar-refractivity contribution in [2.45, 2.75) is 58.9 Å². The summed E-state index contributed by atoms with van der Waals surface area (Å²) in [6.45, 7) is 5.86. The van der Waals surface area contributed by atoms with E-state index in [1.165, 1.54) is 0 Å². The highest BCUT2D eigenvalue weighted by Gasteiger charge is 2.15. The largest absolute Gasteiger partial charge is 0.330 e. The van der Waals surface area contributed by atoms with Gasteiger partial charge >= 0.3 is 0 Å². The van der Waals surface area contributed by atoms with Gasteiger partial charge in [0.05, 0.1) is 0 Å². The van der Waals surface area contributed by atoms with Gasteiger partial charge in [-0.25, -0.2) is 4.98 Å². The number of rotatable bonds is 10. The second-order valence-corrected chi connectivity index (χ2v) is 5.14. The van der Waals surface area contributed by atoms with Gasteiger partial charge in [0.2, 0.25) is 0 Å². The van der Waals surface area contributed by atoms with Crippen LogP contribution in [0.3, 0.4) is 0 Å². The summed E-state index contributed by atoms with van der Waals surface area (Å²) in [7, 11) is 0. The summed E-state index contributed by atoms with van der Waals surface area (Å²) in [5.41, 5.74) is 5.62. The maximum atomic E-state index is 12.2. The van der Waals surface area contributed by atoms with E-state index in [1.807, 2.05) is 10.8 Å². The monoisotopic (exact) mass is 265 g/mol. The molecule has 108 valence electrons. The van der Waals surface area contributed by atoms with Crippen molar-refractivity contribution in [1.82, 2.24) is 9.55 Å². The Bertz CT molecular complexity index is 367. The highest BCUT2D eigenvalue weighted by atomic mass is 16.1. The van der Waals surface area contributed by atoms with Gasteiger partial charge in [-0.3, -0.25) is 4.79 Å². The minimum absolute atomic E-state index is 0.163. The fourth-order valence-electron chi connectivity index (χ4n) is 2.51. The number of hydrogen-bond donors (Lipinski definition) is 1. The van der Waals surface area contributed by atoms with Crippen molar-refractivity contribution >= 4 is 5.78 Å². The maximum absolute atomic E-state index is 12.2. The lowest BCUT2D eigenvalue weighted by Gasteiger charge is -2.14. The second-order valence-electron chi connectivity index (χ2n) is 5.14. The lowest BCUT2D eigenvalue weighted by atomic mass is 9.93. The van der Waals surface area contributed by atoms with Gasteiger partial charge in [-0.05, 0) is 31.7 Å². The Morgan fingerprint density at radius 3 is 2.74 bits per heavy atom. The number of carbonyl (C=O) groups excluding carboxylic acids is 1. The standard InChI is InChI=1S/C15H27N3O/c1-3-5-13(8-9-16)6-7-14(19)15-17-10-12-18(15)11-4-2/h10,12-13H,3-9,11,16H2,1-2H3. The average Bonchev–Trinajstić information content (AvgIpc) is 2.85. The molecule has 1 heterocycles. The second kappa shape index (κ2) is 8.86. The SMILES string of the molecule is CCCC(CCN)CCC(=O)c1nccn1CCC. The summed E-state index contributed by atoms with van der Waals surface area (Å²) in [4.78, 5) is 16.4. The van der Waals surface area contributed by atoms with Gasteiger partial charge < -0.3 is 10.3 Å². The molecule has 1 unspecified atom stereocenters. The van der Waals surface area contributed by atoms with E-state index < -0.39 is 0 Å². The zero-order valence-corrected chi connectivity index (χ0v) is 12.3. The molecule has 0 aliphatic heterocycles. The van der Waals surface area contributed by atoms with Crippen molar-refractivity contribution < 1.29 is 4.79 Å². The lowest BCUT2D eigenvalue weighted by molar-refractivity contribution is 0.0957. The van der Waals surface area contributed by atoms with Crippen molar-refractivity contribution in [1.29, 1.82) is 0 Å². The van der Waals surface area contributed by atoms with Crippen LogP contribution in [0.25, 0.3) is 0 Å². The van der Waals surface area contributed by atoms with E-state index in [-0.39, 0.29) is 5.78 Å². The van der Waals surface area contributed by atoms with Crippen LogP contribution in [0.1, 0.15) is 63.0 Å². The molecule has 0 fully saturated rings. The summed E-state index contributed by atoms with van der Waals surface area (Å²) in [5.74, 6) is 1.36. The minimum atomic E-state index is 0.163. The number of imidazole rings is 1. The molecule has 0 saturated heterocycles. The van der Waals surface area contributed by atoms with Gasteiger partial charge in [0, 0.05) is 25.4 Å². The molecule has 4 nitrogen and oxygen atoms in total. The van der Waals surface area contributed by atoms with Crippen LogP contribution in [-0.2, 0) is 6.54 Å². The molecule has 0 amide bonds. The Hall–Kier alpha value is -1.16. The summed E-state index contributed by atoms with van der Waals surface area (Å²) in [6, 6.07) is 0. The highest BCUT2D eigenvalue weighted by Crippen LogP contribution is 2.18. The molecule has 4 heteroatoms. The Labute approximate surface area is 116 Å². The van der Waals surface area contributed by atoms with E-state index in [4.69, 9.17) is 5.73 Å². The first kappa shape index (κ1) is 15.9. The van der Waals surface area contributed by atoms with Crippen LogP contribution in [0.15, 0.2) is 12.4 Å². The average molecular weight is 265 g/mol. The summed E-state index contributed by atoms with van der Waals surface area (Å²) in [5, 5.41) is 0. The van der Waals surface area contributed by atoms with E-state index in [0.717, 1.165) is 38.6 Å². The van der Waals surface area contributed by atoms with Crippen LogP contribution in [0.5, 0.6) is 0 Å². The molecule has 0 aliphatic carbocycles. The fraction of sp³-hybridized carbons (Fsp3) is 0.733. The molecule has 0 aromatic carbocycles. The number of nitrogens with two attached hydrogens (primary N) is 1. The normalized spacial score (nSPS) is 12.6. The van der Waals surface area contributed by atoms with E-state index in [2.05, 4.69) is 18.8 Å². The highest BCUT2D eigenvalue weighted by molar-refractivity contribution is 5.92. The third kappa shape index (κ3) is 5.15. The molecule has 0 aliphatic rings. The maximum Gasteiger partial charge on any atom is 0.198 e. The van der Waals surface area contributed by atoms with Gasteiger partial charge in [0.25, 0.3) is 0 Å². The van der Waals surface area contributed by atoms with E-state index >= 15 is 0 Å². The van der Waals surface area contributed by atoms with Gasteiger partial charge in [-0.2, -0.15) is 0 Å². The zero-order valence-electron chi connectivity index (χ0n) is 12.3. The Morgan fingerprint density at radius 1 is 1.32 bits per heavy atom. The number of aromatic nitrogens is 2. The van der Waals surface area contributed by atoms with Crippen LogP contribution < -0.4 is 5.73 Å². The summed E-state index contributed by atoms with van der Waals surface area (Å²) in [6.07, 6.45) is 9.48. The Kier molecular flexibility index (Phi) is 7.41. The van der Waals surface area contributed by atoms with E-state index in [1.54, 1.807) is 6.20 Å². The van der Waals surface area contributed by atoms with Crippen LogP contribution in [0.4, 0.5) is 0 Å². The van der Waals surface area contributed by atoms with Crippen LogP contribution >= 0.6 is 0 Å². The van der Waals surface area contributed by atoms with Gasteiger partial charge in [-0.15, -0.1) is 0 Å². The van der Waals surface area contributed by atoms with Crippen LogP contribution in [0.2, 0.25) is 0 Å². The van der Waals surface area contributed by atoms with Crippen molar-refractivity contribution in [2.24, 2.45) is 11.7 Å². The third-order valence-corrected chi connectivity index (χ3v) is 3.48. The number of ketones is 1. The van der Waals surface area contributed by atoms with Gasteiger partial charge in [-0.1, -0.05) is 26.7 Å². The van der Waals surface area contributed by atoms with E-state index in [9.17, 15) is 4.79 Å². The molecule has 1 aromatic rings. The Balaban J connectivity index is 2.51. The minimum Gasteiger partial charge on any atom is -0.330 e. The molecule has 1 rings (SSSR count). The molecule has 0 bridgehead atoms. The Morgan fingerprint density at radius 2 is 2.11 bits per heavy atom. The summed E-state index contributed by atoms with van der Waals surface area (Å²) >= 11 is 0. The molecule has 0 spiro atoms. The number of aryl methyl sites for hydroxylation is 1. The first-order chi connectivity index (χ1) is 9.22. The number of Topliss-reactive ketones (excluding diaryl/α,β-unsaturated/α-hetero) is 1. The topological polar surface area (TPSA) is 60.9 Å². The number of nitrogens with zero attached hydrogens (tertiary/aromatic N) is 2. The van der Waals surface area contributed by atoms with Gasteiger partial charge in [0.15, 0.2) is 11.6 Å². The van der Waals surface area contributed by atoms with Crippen LogP contribution in [0, 0.1) is 5.92 Å². The predicted octanol–water partition coefficient (Wildman–Crippen LogP) is 3.02. The van der Waals surface area contributed by atoms with Crippen molar-refractivity contribution in [2.75, 3.05) is 6.54 Å². The molecule has 2 N–H and O–H groups in total. The zero-order chi connectivity index (χ0) is 14.1. The van der Waals surface area contributed by atoms with Crippen molar-refractivity contribution in [3.05, 3.63) is 18.2 Å². The molecule has 1 atom stereocenters. The molecule has 0 saturated carbocycles. The smallest absolute Gasteiger partial charge is 0.198 e. The fourth-order valence-corrected chi connectivity index (χ4v) is 2.51. The molecular formula is C15H27N3O. The molecule has 1 aromatic heterocycles. The summed E-state index contributed by atoms with van der Waals surface area (Å²) < 4.78 is 1.96. The lowest BCUT2D eigenvalue weighted by Crippen LogP contribution is -2.14. The third-order valence-electron chi connectivity index (χ3n) is 3.48. The first-order valence-electron chi connectivity index (χ1n) is 7.47. The van der Waals surface area contributed by atoms with Crippen molar-refractivity contribution in [3.63, 3.8) is 0 Å². The molecule has 19 heavy (non-hydrogen) atoms.